The Kier molecular flexibility index (Phi) is 2.78. The van der Waals surface area contributed by atoms with E-state index in [2.05, 4.69) is 18.1 Å². The van der Waals surface area contributed by atoms with Crippen molar-refractivity contribution < 1.29 is 0 Å². The summed E-state index contributed by atoms with van der Waals surface area (Å²) < 4.78 is 1.99. The highest BCUT2D eigenvalue weighted by molar-refractivity contribution is 6.30. The third-order valence-electron chi connectivity index (χ3n) is 2.57. The average molecular weight is 221 g/mol. The van der Waals surface area contributed by atoms with Gasteiger partial charge in [0, 0.05) is 16.9 Å². The minimum absolute atomic E-state index is 0.221. The number of benzene rings is 1. The molecule has 3 heteroatoms. The van der Waals surface area contributed by atoms with Crippen LogP contribution in [-0.4, -0.2) is 9.78 Å². The topological polar surface area (TPSA) is 17.8 Å². The lowest BCUT2D eigenvalue weighted by molar-refractivity contribution is 0.550. The molecule has 1 atom stereocenters. The zero-order chi connectivity index (χ0) is 10.8. The number of hydrogen-bond donors (Lipinski definition) is 0. The van der Waals surface area contributed by atoms with E-state index in [1.165, 1.54) is 5.56 Å². The summed E-state index contributed by atoms with van der Waals surface area (Å²) >= 11 is 5.96. The van der Waals surface area contributed by atoms with Crippen molar-refractivity contribution in [2.24, 2.45) is 0 Å². The van der Waals surface area contributed by atoms with Crippen LogP contribution in [0.3, 0.4) is 0 Å². The van der Waals surface area contributed by atoms with E-state index in [4.69, 9.17) is 11.6 Å². The number of halogens is 1. The zero-order valence-corrected chi connectivity index (χ0v) is 9.57. The van der Waals surface area contributed by atoms with Crippen LogP contribution >= 0.6 is 11.6 Å². The van der Waals surface area contributed by atoms with Gasteiger partial charge in [0.05, 0.1) is 6.04 Å². The first-order valence-corrected chi connectivity index (χ1v) is 5.32. The van der Waals surface area contributed by atoms with Gasteiger partial charge in [0.25, 0.3) is 0 Å². The Labute approximate surface area is 94.5 Å². The third kappa shape index (κ3) is 2.05. The van der Waals surface area contributed by atoms with E-state index in [0.29, 0.717) is 0 Å². The van der Waals surface area contributed by atoms with Crippen LogP contribution < -0.4 is 0 Å². The number of rotatable bonds is 2. The van der Waals surface area contributed by atoms with E-state index in [-0.39, 0.29) is 6.04 Å². The second-order valence-electron chi connectivity index (χ2n) is 3.65. The summed E-state index contributed by atoms with van der Waals surface area (Å²) in [4.78, 5) is 0. The Balaban J connectivity index is 2.36. The predicted octanol–water partition coefficient (Wildman–Crippen LogP) is 3.45. The molecule has 0 bridgehead atoms. The maximum absolute atomic E-state index is 5.96. The highest BCUT2D eigenvalue weighted by atomic mass is 35.5. The number of nitrogens with zero attached hydrogens (tertiary/aromatic N) is 2. The lowest BCUT2D eigenvalue weighted by Crippen LogP contribution is -2.09. The van der Waals surface area contributed by atoms with Gasteiger partial charge < -0.3 is 0 Å². The quantitative estimate of drug-likeness (QED) is 0.758. The van der Waals surface area contributed by atoms with Gasteiger partial charge in [-0.05, 0) is 37.6 Å². The Morgan fingerprint density at radius 1 is 1.33 bits per heavy atom. The van der Waals surface area contributed by atoms with Crippen molar-refractivity contribution in [2.45, 2.75) is 19.9 Å². The molecule has 2 nitrogen and oxygen atoms in total. The number of aryl methyl sites for hydroxylation is 1. The largest absolute Gasteiger partial charge is 0.263 e. The van der Waals surface area contributed by atoms with E-state index in [0.717, 1.165) is 10.7 Å². The Bertz CT molecular complexity index is 462. The van der Waals surface area contributed by atoms with Gasteiger partial charge in [0.1, 0.15) is 0 Å². The Hall–Kier alpha value is -1.28. The van der Waals surface area contributed by atoms with Gasteiger partial charge in [-0.25, -0.2) is 0 Å². The van der Waals surface area contributed by atoms with Gasteiger partial charge in [-0.1, -0.05) is 23.7 Å². The van der Waals surface area contributed by atoms with Crippen LogP contribution in [0.15, 0.2) is 36.5 Å². The van der Waals surface area contributed by atoms with Crippen molar-refractivity contribution in [3.8, 4) is 0 Å². The molecule has 0 unspecified atom stereocenters. The van der Waals surface area contributed by atoms with Gasteiger partial charge in [-0.3, -0.25) is 4.68 Å². The molecule has 1 heterocycles. The maximum Gasteiger partial charge on any atom is 0.0743 e. The molecular weight excluding hydrogens is 208 g/mol. The summed E-state index contributed by atoms with van der Waals surface area (Å²) in [6, 6.07) is 10.1. The van der Waals surface area contributed by atoms with E-state index < -0.39 is 0 Å². The van der Waals surface area contributed by atoms with E-state index in [1.54, 1.807) is 0 Å². The van der Waals surface area contributed by atoms with Crippen molar-refractivity contribution in [2.75, 3.05) is 0 Å². The van der Waals surface area contributed by atoms with Gasteiger partial charge in [0.15, 0.2) is 0 Å². The van der Waals surface area contributed by atoms with E-state index >= 15 is 0 Å². The maximum atomic E-state index is 5.96. The molecule has 1 aromatic carbocycles. The molecule has 0 aliphatic rings. The molecular formula is C12H13ClN2. The molecule has 0 aliphatic heterocycles. The molecule has 0 spiro atoms. The van der Waals surface area contributed by atoms with E-state index in [1.807, 2.05) is 42.1 Å². The lowest BCUT2D eigenvalue weighted by atomic mass is 10.1. The van der Waals surface area contributed by atoms with Crippen molar-refractivity contribution in [1.82, 2.24) is 9.78 Å². The van der Waals surface area contributed by atoms with Crippen LogP contribution in [0.4, 0.5) is 0 Å². The Morgan fingerprint density at radius 2 is 2.13 bits per heavy atom. The van der Waals surface area contributed by atoms with Crippen LogP contribution in [0.1, 0.15) is 24.2 Å². The number of hydrogen-bond acceptors (Lipinski definition) is 1. The van der Waals surface area contributed by atoms with Crippen LogP contribution in [-0.2, 0) is 0 Å². The third-order valence-corrected chi connectivity index (χ3v) is 2.80. The second-order valence-corrected chi connectivity index (χ2v) is 4.08. The fourth-order valence-electron chi connectivity index (χ4n) is 1.69. The number of aromatic nitrogens is 2. The molecule has 2 rings (SSSR count). The molecule has 15 heavy (non-hydrogen) atoms. The summed E-state index contributed by atoms with van der Waals surface area (Å²) in [6.45, 7) is 4.17. The molecule has 0 amide bonds. The fourth-order valence-corrected chi connectivity index (χ4v) is 1.89. The molecule has 78 valence electrons. The minimum Gasteiger partial charge on any atom is -0.263 e. The van der Waals surface area contributed by atoms with Crippen LogP contribution in [0.2, 0.25) is 5.02 Å². The second kappa shape index (κ2) is 4.07. The van der Waals surface area contributed by atoms with Crippen molar-refractivity contribution in [3.63, 3.8) is 0 Å². The summed E-state index contributed by atoms with van der Waals surface area (Å²) in [7, 11) is 0. The summed E-state index contributed by atoms with van der Waals surface area (Å²) in [5.41, 5.74) is 2.33. The highest BCUT2D eigenvalue weighted by Gasteiger charge is 2.09. The van der Waals surface area contributed by atoms with Crippen LogP contribution in [0, 0.1) is 6.92 Å². The molecule has 0 saturated heterocycles. The van der Waals surface area contributed by atoms with Gasteiger partial charge in [-0.2, -0.15) is 5.10 Å². The van der Waals surface area contributed by atoms with Crippen LogP contribution in [0.5, 0.6) is 0 Å². The van der Waals surface area contributed by atoms with Crippen molar-refractivity contribution in [1.29, 1.82) is 0 Å². The molecule has 0 aliphatic carbocycles. The van der Waals surface area contributed by atoms with Crippen molar-refractivity contribution in [3.05, 3.63) is 52.8 Å². The molecule has 0 N–H and O–H groups in total. The van der Waals surface area contributed by atoms with Crippen molar-refractivity contribution >= 4 is 11.6 Å². The van der Waals surface area contributed by atoms with Gasteiger partial charge >= 0.3 is 0 Å². The highest BCUT2D eigenvalue weighted by Crippen LogP contribution is 2.21. The fraction of sp³-hybridized carbons (Fsp3) is 0.250. The first-order valence-electron chi connectivity index (χ1n) is 4.94. The lowest BCUT2D eigenvalue weighted by Gasteiger charge is -2.14. The van der Waals surface area contributed by atoms with E-state index in [9.17, 15) is 0 Å². The average Bonchev–Trinajstić information content (AvgIpc) is 2.63. The summed E-state index contributed by atoms with van der Waals surface area (Å²) in [5.74, 6) is 0. The van der Waals surface area contributed by atoms with Gasteiger partial charge in [0.2, 0.25) is 0 Å². The summed E-state index contributed by atoms with van der Waals surface area (Å²) in [6.07, 6.45) is 1.82. The standard InChI is InChI=1S/C12H13ClN2/c1-9-6-7-14-15(9)10(2)11-4-3-5-12(13)8-11/h3-8,10H,1-2H3/t10-/m1/s1. The first-order chi connectivity index (χ1) is 7.18. The SMILES string of the molecule is Cc1ccnn1[C@H](C)c1cccc(Cl)c1. The van der Waals surface area contributed by atoms with Gasteiger partial charge in [-0.15, -0.1) is 0 Å². The monoisotopic (exact) mass is 220 g/mol. The normalized spacial score (nSPS) is 12.7. The smallest absolute Gasteiger partial charge is 0.0743 e. The molecule has 1 aromatic heterocycles. The predicted molar refractivity (Wildman–Crippen MR) is 62.2 cm³/mol. The molecule has 0 saturated carbocycles. The Morgan fingerprint density at radius 3 is 2.73 bits per heavy atom. The first kappa shape index (κ1) is 10.2. The zero-order valence-electron chi connectivity index (χ0n) is 8.81. The minimum atomic E-state index is 0.221. The van der Waals surface area contributed by atoms with Crippen LogP contribution in [0.25, 0.3) is 0 Å². The summed E-state index contributed by atoms with van der Waals surface area (Å²) in [5, 5.41) is 5.06. The molecule has 0 fully saturated rings. The molecule has 0 radical (unpaired) electrons. The molecule has 2 aromatic rings.